The van der Waals surface area contributed by atoms with Crippen LogP contribution in [0.25, 0.3) is 0 Å². The Balaban J connectivity index is 2.88. The summed E-state index contributed by atoms with van der Waals surface area (Å²) in [7, 11) is 0. The number of Topliss-reactive ketones (excluding diaryl/α,β-unsaturated/α-hetero) is 1. The van der Waals surface area contributed by atoms with E-state index in [-0.39, 0.29) is 29.3 Å². The van der Waals surface area contributed by atoms with Gasteiger partial charge in [0.15, 0.2) is 17.6 Å². The standard InChI is InChI=1S/C12H15NO3/c1-7(2)10(4-8(3)15)11-5-9(6-14)16-12(11)13/h10-11,13H,1,4-5H2,2-3H3. The minimum absolute atomic E-state index is 0.0348. The van der Waals surface area contributed by atoms with Gasteiger partial charge in [-0.2, -0.15) is 0 Å². The maximum Gasteiger partial charge on any atom is 0.192 e. The van der Waals surface area contributed by atoms with Gasteiger partial charge in [0.1, 0.15) is 5.78 Å². The van der Waals surface area contributed by atoms with Crippen molar-refractivity contribution in [3.63, 3.8) is 0 Å². The molecule has 4 nitrogen and oxygen atoms in total. The van der Waals surface area contributed by atoms with Gasteiger partial charge in [-0.3, -0.25) is 5.41 Å². The number of carbonyl (C=O) groups excluding carboxylic acids is 2. The first-order valence-electron chi connectivity index (χ1n) is 5.10. The van der Waals surface area contributed by atoms with Crippen LogP contribution in [0.5, 0.6) is 0 Å². The highest BCUT2D eigenvalue weighted by Gasteiger charge is 2.35. The van der Waals surface area contributed by atoms with E-state index in [2.05, 4.69) is 6.58 Å². The Morgan fingerprint density at radius 2 is 2.31 bits per heavy atom. The van der Waals surface area contributed by atoms with E-state index in [0.29, 0.717) is 12.8 Å². The molecule has 0 aliphatic carbocycles. The maximum atomic E-state index is 11.1. The normalized spacial score (nSPS) is 21.2. The summed E-state index contributed by atoms with van der Waals surface area (Å²) in [5.41, 5.74) is 0.834. The molecular weight excluding hydrogens is 206 g/mol. The zero-order valence-electron chi connectivity index (χ0n) is 9.50. The average Bonchev–Trinajstić information content (AvgIpc) is 2.55. The molecule has 0 amide bonds. The molecule has 0 aromatic carbocycles. The number of rotatable bonds is 4. The summed E-state index contributed by atoms with van der Waals surface area (Å²) in [5, 5.41) is 7.63. The summed E-state index contributed by atoms with van der Waals surface area (Å²) in [6.45, 7) is 7.15. The fourth-order valence-corrected chi connectivity index (χ4v) is 1.90. The highest BCUT2D eigenvalue weighted by atomic mass is 16.5. The lowest BCUT2D eigenvalue weighted by atomic mass is 9.82. The van der Waals surface area contributed by atoms with E-state index in [4.69, 9.17) is 10.1 Å². The third kappa shape index (κ3) is 2.67. The monoisotopic (exact) mass is 221 g/mol. The number of ketones is 1. The van der Waals surface area contributed by atoms with E-state index in [1.54, 1.807) is 5.94 Å². The first-order valence-corrected chi connectivity index (χ1v) is 5.10. The average molecular weight is 221 g/mol. The molecule has 86 valence electrons. The number of nitrogens with one attached hydrogen (secondary N) is 1. The fourth-order valence-electron chi connectivity index (χ4n) is 1.90. The molecule has 1 N–H and O–H groups in total. The summed E-state index contributed by atoms with van der Waals surface area (Å²) in [5.74, 6) is 1.50. The lowest BCUT2D eigenvalue weighted by Crippen LogP contribution is -2.22. The van der Waals surface area contributed by atoms with Gasteiger partial charge < -0.3 is 9.53 Å². The highest BCUT2D eigenvalue weighted by Crippen LogP contribution is 2.34. The summed E-state index contributed by atoms with van der Waals surface area (Å²) >= 11 is 0. The Morgan fingerprint density at radius 3 is 2.69 bits per heavy atom. The first-order chi connectivity index (χ1) is 7.45. The Kier molecular flexibility index (Phi) is 3.80. The predicted octanol–water partition coefficient (Wildman–Crippen LogP) is 1.89. The van der Waals surface area contributed by atoms with E-state index < -0.39 is 0 Å². The number of hydrogen-bond acceptors (Lipinski definition) is 4. The van der Waals surface area contributed by atoms with Crippen molar-refractivity contribution in [3.8, 4) is 0 Å². The van der Waals surface area contributed by atoms with Crippen molar-refractivity contribution in [2.45, 2.75) is 26.7 Å². The molecule has 0 radical (unpaired) electrons. The number of allylic oxidation sites excluding steroid dienone is 2. The fraction of sp³-hybridized carbons (Fsp3) is 0.500. The van der Waals surface area contributed by atoms with Crippen LogP contribution in [0.15, 0.2) is 17.9 Å². The second-order valence-corrected chi connectivity index (χ2v) is 4.16. The van der Waals surface area contributed by atoms with E-state index >= 15 is 0 Å². The van der Waals surface area contributed by atoms with Gasteiger partial charge in [-0.05, 0) is 19.8 Å². The van der Waals surface area contributed by atoms with Gasteiger partial charge in [-0.1, -0.05) is 12.2 Å². The van der Waals surface area contributed by atoms with Gasteiger partial charge in [0, 0.05) is 18.8 Å². The molecule has 16 heavy (non-hydrogen) atoms. The Labute approximate surface area is 94.5 Å². The van der Waals surface area contributed by atoms with Gasteiger partial charge >= 0.3 is 0 Å². The lowest BCUT2D eigenvalue weighted by molar-refractivity contribution is -0.117. The van der Waals surface area contributed by atoms with Gasteiger partial charge in [0.25, 0.3) is 0 Å². The highest BCUT2D eigenvalue weighted by molar-refractivity contribution is 5.84. The van der Waals surface area contributed by atoms with Crippen molar-refractivity contribution in [2.75, 3.05) is 0 Å². The zero-order chi connectivity index (χ0) is 12.3. The topological polar surface area (TPSA) is 67.2 Å². The summed E-state index contributed by atoms with van der Waals surface area (Å²) < 4.78 is 4.96. The first kappa shape index (κ1) is 12.4. The predicted molar refractivity (Wildman–Crippen MR) is 59.7 cm³/mol. The smallest absolute Gasteiger partial charge is 0.192 e. The largest absolute Gasteiger partial charge is 0.436 e. The number of carbonyl (C=O) groups is 1. The van der Waals surface area contributed by atoms with Crippen LogP contribution in [-0.4, -0.2) is 17.6 Å². The second kappa shape index (κ2) is 4.90. The van der Waals surface area contributed by atoms with Crippen molar-refractivity contribution in [2.24, 2.45) is 11.8 Å². The molecule has 0 saturated carbocycles. The lowest BCUT2D eigenvalue weighted by Gasteiger charge is -2.20. The van der Waals surface area contributed by atoms with E-state index in [1.807, 2.05) is 6.92 Å². The molecule has 1 rings (SSSR count). The van der Waals surface area contributed by atoms with Gasteiger partial charge in [0.2, 0.25) is 0 Å². The quantitative estimate of drug-likeness (QED) is 0.582. The van der Waals surface area contributed by atoms with Crippen molar-refractivity contribution in [1.29, 1.82) is 5.41 Å². The van der Waals surface area contributed by atoms with Crippen LogP contribution in [0.4, 0.5) is 0 Å². The molecule has 0 spiro atoms. The minimum atomic E-state index is -0.252. The van der Waals surface area contributed by atoms with Crippen LogP contribution in [0.1, 0.15) is 26.7 Å². The third-order valence-electron chi connectivity index (χ3n) is 2.72. The molecule has 2 unspecified atom stereocenters. The summed E-state index contributed by atoms with van der Waals surface area (Å²) in [6.07, 6.45) is 0.672. The van der Waals surface area contributed by atoms with Crippen molar-refractivity contribution in [3.05, 3.63) is 17.9 Å². The van der Waals surface area contributed by atoms with Crippen LogP contribution < -0.4 is 0 Å². The Morgan fingerprint density at radius 1 is 1.69 bits per heavy atom. The van der Waals surface area contributed by atoms with E-state index in [0.717, 1.165) is 5.57 Å². The molecule has 2 atom stereocenters. The van der Waals surface area contributed by atoms with Crippen LogP contribution in [-0.2, 0) is 14.3 Å². The Hall–Kier alpha value is -1.67. The molecule has 1 heterocycles. The third-order valence-corrected chi connectivity index (χ3v) is 2.72. The van der Waals surface area contributed by atoms with Gasteiger partial charge in [0.05, 0.1) is 0 Å². The van der Waals surface area contributed by atoms with E-state index in [9.17, 15) is 9.59 Å². The minimum Gasteiger partial charge on any atom is -0.436 e. The van der Waals surface area contributed by atoms with Crippen molar-refractivity contribution < 1.29 is 14.3 Å². The molecule has 1 saturated heterocycles. The SMILES string of the molecule is C=C(C)C(CC(C)=O)C1CC(=C=O)OC1=N. The molecular formula is C12H15NO3. The van der Waals surface area contributed by atoms with E-state index in [1.165, 1.54) is 6.92 Å². The second-order valence-electron chi connectivity index (χ2n) is 4.16. The molecule has 0 aromatic heterocycles. The van der Waals surface area contributed by atoms with Crippen LogP contribution >= 0.6 is 0 Å². The molecule has 0 bridgehead atoms. The van der Waals surface area contributed by atoms with Crippen LogP contribution in [0, 0.1) is 17.2 Å². The zero-order valence-corrected chi connectivity index (χ0v) is 9.50. The van der Waals surface area contributed by atoms with Gasteiger partial charge in [-0.25, -0.2) is 4.79 Å². The summed E-state index contributed by atoms with van der Waals surface area (Å²) in [6, 6.07) is 0. The molecule has 1 aliphatic rings. The molecule has 1 fully saturated rings. The van der Waals surface area contributed by atoms with Crippen molar-refractivity contribution >= 4 is 17.6 Å². The number of hydrogen-bond donors (Lipinski definition) is 1. The molecule has 0 aromatic rings. The number of ether oxygens (including phenoxy) is 1. The van der Waals surface area contributed by atoms with Crippen molar-refractivity contribution in [1.82, 2.24) is 0 Å². The maximum absolute atomic E-state index is 11.1. The summed E-state index contributed by atoms with van der Waals surface area (Å²) in [4.78, 5) is 21.6. The van der Waals surface area contributed by atoms with Crippen LogP contribution in [0.2, 0.25) is 0 Å². The Bertz CT molecular complexity index is 391. The molecule has 4 heteroatoms. The van der Waals surface area contributed by atoms with Crippen LogP contribution in [0.3, 0.4) is 0 Å². The van der Waals surface area contributed by atoms with Gasteiger partial charge in [-0.15, -0.1) is 0 Å². The molecule has 1 aliphatic heterocycles.